The van der Waals surface area contributed by atoms with Crippen LogP contribution in [0.3, 0.4) is 0 Å². The van der Waals surface area contributed by atoms with Crippen molar-refractivity contribution in [2.75, 3.05) is 0 Å². The smallest absolute Gasteiger partial charge is 1.00 e. The first-order valence-corrected chi connectivity index (χ1v) is 9.39. The van der Waals surface area contributed by atoms with E-state index in [0.717, 1.165) is 0 Å². The molecule has 16 nitrogen and oxygen atoms in total. The largest absolute Gasteiger partial charge is 2.00 e. The van der Waals surface area contributed by atoms with E-state index >= 15 is 0 Å². The Balaban J connectivity index is -0.0000000152. The van der Waals surface area contributed by atoms with E-state index in [-0.39, 0.29) is 51.8 Å². The molecule has 0 aliphatic carbocycles. The van der Waals surface area contributed by atoms with Crippen LogP contribution in [0.2, 0.25) is 0 Å². The topological polar surface area (TPSA) is 311 Å². The standard InChI is InChI=1S/2Mg.4H3O4P.4H/c;;4*1-5(2,3)4;;;;/h;;4*(H3,1,2,3,4);;;;/q2*+2;;;;;4*-1. The first-order valence-electron chi connectivity index (χ1n) is 3.13. The number of hydrogen-bond acceptors (Lipinski definition) is 4. The van der Waals surface area contributed by atoms with Crippen LogP contribution in [0.1, 0.15) is 5.71 Å². The fourth-order valence-electron chi connectivity index (χ4n) is 0. The summed E-state index contributed by atoms with van der Waals surface area (Å²) in [6.45, 7) is 0. The van der Waals surface area contributed by atoms with Gasteiger partial charge in [-0.05, 0) is 0 Å². The van der Waals surface area contributed by atoms with Crippen LogP contribution < -0.4 is 0 Å². The first kappa shape index (κ1) is 39.2. The molecule has 22 heavy (non-hydrogen) atoms. The van der Waals surface area contributed by atoms with Crippen LogP contribution in [-0.2, 0) is 18.3 Å². The molecule has 0 spiro atoms. The maximum atomic E-state index is 8.88. The molecule has 0 saturated heterocycles. The molecule has 0 radical (unpaired) electrons. The number of rotatable bonds is 0. The Morgan fingerprint density at radius 2 is 0.364 bits per heavy atom. The van der Waals surface area contributed by atoms with Gasteiger partial charge in [-0.25, -0.2) is 18.3 Å². The Morgan fingerprint density at radius 3 is 0.364 bits per heavy atom. The molecule has 0 atom stereocenters. The second-order valence-electron chi connectivity index (χ2n) is 2.05. The Bertz CT molecular complexity index is 305. The summed E-state index contributed by atoms with van der Waals surface area (Å²) in [7, 11) is -18.6. The SMILES string of the molecule is O=P(O)(O)O.O=P(O)(O)O.O=P(O)(O)O.O=P(O)(O)O.[H-].[H-].[H-].[H-].[Mg+2].[Mg+2]. The molecule has 12 N–H and O–H groups in total. The Hall–Kier alpha value is 1.97. The molecule has 0 unspecified atom stereocenters. The zero-order valence-electron chi connectivity index (χ0n) is 14.2. The molecule has 0 aromatic rings. The predicted octanol–water partition coefficient (Wildman–Crippen LogP) is -4.03. The van der Waals surface area contributed by atoms with Crippen molar-refractivity contribution in [3.8, 4) is 0 Å². The number of phosphoric acid groups is 4. The summed E-state index contributed by atoms with van der Waals surface area (Å²) >= 11 is 0. The summed E-state index contributed by atoms with van der Waals surface area (Å²) in [5.74, 6) is 0. The van der Waals surface area contributed by atoms with Crippen molar-refractivity contribution in [1.29, 1.82) is 0 Å². The fourth-order valence-corrected chi connectivity index (χ4v) is 0. The minimum absolute atomic E-state index is 0. The van der Waals surface area contributed by atoms with E-state index in [0.29, 0.717) is 0 Å². The van der Waals surface area contributed by atoms with Gasteiger partial charge in [-0.3, -0.25) is 0 Å². The molecule has 0 heterocycles. The molecule has 0 aromatic heterocycles. The molecule has 136 valence electrons. The summed E-state index contributed by atoms with van der Waals surface area (Å²) in [5.41, 5.74) is 0. The van der Waals surface area contributed by atoms with Gasteiger partial charge < -0.3 is 64.4 Å². The minimum Gasteiger partial charge on any atom is -1.00 e. The van der Waals surface area contributed by atoms with Gasteiger partial charge in [0.25, 0.3) is 0 Å². The van der Waals surface area contributed by atoms with E-state index in [1.165, 1.54) is 0 Å². The van der Waals surface area contributed by atoms with Crippen molar-refractivity contribution in [2.45, 2.75) is 0 Å². The molecule has 0 bridgehead atoms. The van der Waals surface area contributed by atoms with Gasteiger partial charge in [0.15, 0.2) is 0 Å². The van der Waals surface area contributed by atoms with Crippen LogP contribution in [0, 0.1) is 0 Å². The van der Waals surface area contributed by atoms with E-state index in [1.807, 2.05) is 0 Å². The van der Waals surface area contributed by atoms with Gasteiger partial charge in [0.1, 0.15) is 0 Å². The molecule has 0 aliphatic heterocycles. The van der Waals surface area contributed by atoms with Gasteiger partial charge in [-0.1, -0.05) is 0 Å². The third-order valence-corrected chi connectivity index (χ3v) is 0. The van der Waals surface area contributed by atoms with Gasteiger partial charge in [-0.2, -0.15) is 0 Å². The quantitative estimate of drug-likeness (QED) is 0.125. The Labute approximate surface area is 160 Å². The second-order valence-corrected chi connectivity index (χ2v) is 6.16. The second kappa shape index (κ2) is 16.4. The van der Waals surface area contributed by atoms with E-state index in [4.69, 9.17) is 77.0 Å². The average molecular weight is 445 g/mol. The van der Waals surface area contributed by atoms with E-state index in [1.54, 1.807) is 0 Å². The summed E-state index contributed by atoms with van der Waals surface area (Å²) in [6.07, 6.45) is 0. The third kappa shape index (κ3) is 2480. The predicted molar refractivity (Wildman–Crippen MR) is 73.0 cm³/mol. The average Bonchev–Trinajstić information content (AvgIpc) is 1.62. The van der Waals surface area contributed by atoms with Crippen LogP contribution >= 0.6 is 31.3 Å². The van der Waals surface area contributed by atoms with Gasteiger partial charge in [0.05, 0.1) is 0 Å². The molecule has 0 rings (SSSR count). The summed E-state index contributed by atoms with van der Waals surface area (Å²) in [5, 5.41) is 0. The van der Waals surface area contributed by atoms with Crippen LogP contribution in [0.4, 0.5) is 0 Å². The van der Waals surface area contributed by atoms with E-state index in [2.05, 4.69) is 0 Å². The molecular weight excluding hydrogens is 428 g/mol. The van der Waals surface area contributed by atoms with E-state index < -0.39 is 31.3 Å². The van der Waals surface area contributed by atoms with Crippen LogP contribution in [0.5, 0.6) is 0 Å². The molecular formula is H16Mg2O16P4. The van der Waals surface area contributed by atoms with Crippen LogP contribution in [-0.4, -0.2) is 105 Å². The van der Waals surface area contributed by atoms with Crippen molar-refractivity contribution in [2.24, 2.45) is 0 Å². The molecule has 0 amide bonds. The summed E-state index contributed by atoms with van der Waals surface area (Å²) in [4.78, 5) is 86.2. The molecule has 0 saturated carbocycles. The third-order valence-electron chi connectivity index (χ3n) is 0. The maximum absolute atomic E-state index is 8.88. The van der Waals surface area contributed by atoms with Crippen molar-refractivity contribution in [3.05, 3.63) is 0 Å². The monoisotopic (exact) mass is 444 g/mol. The number of hydrogen-bond donors (Lipinski definition) is 12. The minimum atomic E-state index is -4.64. The summed E-state index contributed by atoms with van der Waals surface area (Å²) < 4.78 is 35.5. The fraction of sp³-hybridized carbons (Fsp3) is 0. The molecule has 22 heteroatoms. The zero-order chi connectivity index (χ0) is 18.0. The molecule has 0 aromatic carbocycles. The van der Waals surface area contributed by atoms with Gasteiger partial charge in [0.2, 0.25) is 0 Å². The van der Waals surface area contributed by atoms with Gasteiger partial charge in [-0.15, -0.1) is 0 Å². The Kier molecular flexibility index (Phi) is 29.3. The van der Waals surface area contributed by atoms with Gasteiger partial charge >= 0.3 is 77.4 Å². The molecule has 0 fully saturated rings. The van der Waals surface area contributed by atoms with E-state index in [9.17, 15) is 0 Å². The van der Waals surface area contributed by atoms with Crippen molar-refractivity contribution in [3.63, 3.8) is 0 Å². The maximum Gasteiger partial charge on any atom is 2.00 e. The summed E-state index contributed by atoms with van der Waals surface area (Å²) in [6, 6.07) is 0. The zero-order valence-corrected chi connectivity index (χ0v) is 16.6. The van der Waals surface area contributed by atoms with Crippen LogP contribution in [0.15, 0.2) is 0 Å². The van der Waals surface area contributed by atoms with Crippen molar-refractivity contribution >= 4 is 77.4 Å². The van der Waals surface area contributed by atoms with Gasteiger partial charge in [0, 0.05) is 0 Å². The van der Waals surface area contributed by atoms with Crippen molar-refractivity contribution < 1.29 is 82.7 Å². The normalized spacial score (nSPS) is 10.7. The Morgan fingerprint density at radius 1 is 0.364 bits per heavy atom. The molecule has 0 aliphatic rings. The van der Waals surface area contributed by atoms with Crippen molar-refractivity contribution in [1.82, 2.24) is 0 Å². The first-order chi connectivity index (χ1) is 8.00. The van der Waals surface area contributed by atoms with Crippen LogP contribution in [0.25, 0.3) is 0 Å².